The molecule has 234 valence electrons. The average Bonchev–Trinajstić information content (AvgIpc) is 3.48. The van der Waals surface area contributed by atoms with Crippen molar-refractivity contribution >= 4 is 29.8 Å². The van der Waals surface area contributed by atoms with E-state index in [-0.39, 0.29) is 19.4 Å². The Hall–Kier alpha value is -5.20. The minimum absolute atomic E-state index is 0.0360. The third kappa shape index (κ3) is 11.6. The summed E-state index contributed by atoms with van der Waals surface area (Å²) >= 11 is 0. The summed E-state index contributed by atoms with van der Waals surface area (Å²) < 4.78 is 10.8. The Kier molecular flexibility index (Phi) is 12.0. The molecule has 0 radical (unpaired) electrons. The second-order valence-electron chi connectivity index (χ2n) is 11.1. The summed E-state index contributed by atoms with van der Waals surface area (Å²) in [5.74, 6) is -3.20. The SMILES string of the molecule is CC(C)(C)OC(=O)[C@@H](Cc1ccccc1)NC(=O)[C@H](CC(N)=O)NC(=O)[C@@H](Cc1cnc[nH]1)NC(=O)OCc1ccccc1. The summed E-state index contributed by atoms with van der Waals surface area (Å²) in [5, 5.41) is 7.58. The van der Waals surface area contributed by atoms with E-state index in [0.29, 0.717) is 5.69 Å². The van der Waals surface area contributed by atoms with Crippen LogP contribution in [0.15, 0.2) is 73.2 Å². The van der Waals surface area contributed by atoms with Gasteiger partial charge in [-0.15, -0.1) is 0 Å². The number of H-pyrrole nitrogens is 1. The highest BCUT2D eigenvalue weighted by Crippen LogP contribution is 2.12. The number of primary amides is 1. The van der Waals surface area contributed by atoms with Gasteiger partial charge in [-0.05, 0) is 31.9 Å². The van der Waals surface area contributed by atoms with Crippen molar-refractivity contribution in [3.05, 3.63) is 90.0 Å². The van der Waals surface area contributed by atoms with Gasteiger partial charge >= 0.3 is 12.1 Å². The fourth-order valence-electron chi connectivity index (χ4n) is 4.10. The quantitative estimate of drug-likeness (QED) is 0.171. The van der Waals surface area contributed by atoms with Gasteiger partial charge in [-0.1, -0.05) is 60.7 Å². The highest BCUT2D eigenvalue weighted by atomic mass is 16.6. The Balaban J connectivity index is 1.76. The third-order valence-corrected chi connectivity index (χ3v) is 6.13. The van der Waals surface area contributed by atoms with E-state index < -0.39 is 59.9 Å². The molecule has 0 unspecified atom stereocenters. The number of hydrogen-bond donors (Lipinski definition) is 5. The largest absolute Gasteiger partial charge is 0.458 e. The monoisotopic (exact) mass is 606 g/mol. The highest BCUT2D eigenvalue weighted by Gasteiger charge is 2.33. The van der Waals surface area contributed by atoms with Crippen LogP contribution in [-0.4, -0.2) is 63.5 Å². The van der Waals surface area contributed by atoms with Crippen molar-refractivity contribution in [1.82, 2.24) is 25.9 Å². The van der Waals surface area contributed by atoms with E-state index in [2.05, 4.69) is 25.9 Å². The van der Waals surface area contributed by atoms with Crippen molar-refractivity contribution < 1.29 is 33.4 Å². The smallest absolute Gasteiger partial charge is 0.408 e. The number of ether oxygens (including phenoxy) is 2. The van der Waals surface area contributed by atoms with Crippen molar-refractivity contribution in [3.8, 4) is 0 Å². The molecule has 3 aromatic rings. The van der Waals surface area contributed by atoms with Gasteiger partial charge in [-0.25, -0.2) is 14.6 Å². The number of nitrogens with zero attached hydrogens (tertiary/aromatic N) is 1. The number of amides is 4. The molecule has 0 saturated heterocycles. The van der Waals surface area contributed by atoms with Gasteiger partial charge < -0.3 is 36.1 Å². The maximum atomic E-state index is 13.4. The standard InChI is InChI=1S/C31H38N6O7/c1-31(2,3)44-29(41)25(14-20-10-6-4-7-11-20)36-28(40)24(16-26(32)38)35-27(39)23(15-22-17-33-19-34-22)37-30(42)43-18-21-12-8-5-9-13-21/h4-13,17,19,23-25H,14-16,18H2,1-3H3,(H2,32,38)(H,33,34)(H,35,39)(H,36,40)(H,37,42)/t23-,24+,25-/m1/s1. The predicted molar refractivity (Wildman–Crippen MR) is 160 cm³/mol. The first-order valence-electron chi connectivity index (χ1n) is 14.0. The molecule has 0 aliphatic rings. The third-order valence-electron chi connectivity index (χ3n) is 6.13. The lowest BCUT2D eigenvalue weighted by Crippen LogP contribution is -2.57. The van der Waals surface area contributed by atoms with Crippen molar-refractivity contribution in [3.63, 3.8) is 0 Å². The van der Waals surface area contributed by atoms with Gasteiger partial charge in [0.05, 0.1) is 12.7 Å². The van der Waals surface area contributed by atoms with E-state index in [9.17, 15) is 24.0 Å². The molecule has 2 aromatic carbocycles. The van der Waals surface area contributed by atoms with E-state index in [1.165, 1.54) is 12.5 Å². The number of alkyl carbamates (subject to hydrolysis) is 1. The van der Waals surface area contributed by atoms with Crippen molar-refractivity contribution in [2.45, 2.75) is 70.4 Å². The number of aromatic amines is 1. The van der Waals surface area contributed by atoms with E-state index >= 15 is 0 Å². The number of rotatable bonds is 14. The molecule has 13 nitrogen and oxygen atoms in total. The van der Waals surface area contributed by atoms with Crippen LogP contribution in [0, 0.1) is 0 Å². The van der Waals surface area contributed by atoms with Crippen LogP contribution < -0.4 is 21.7 Å². The minimum atomic E-state index is -1.47. The minimum Gasteiger partial charge on any atom is -0.458 e. The maximum Gasteiger partial charge on any atom is 0.408 e. The summed E-state index contributed by atoms with van der Waals surface area (Å²) in [6, 6.07) is 14.1. The number of hydrogen-bond acceptors (Lipinski definition) is 8. The van der Waals surface area contributed by atoms with Gasteiger partial charge in [-0.3, -0.25) is 14.4 Å². The molecule has 6 N–H and O–H groups in total. The molecule has 44 heavy (non-hydrogen) atoms. The van der Waals surface area contributed by atoms with Crippen molar-refractivity contribution in [2.75, 3.05) is 0 Å². The van der Waals surface area contributed by atoms with Crippen LogP contribution in [-0.2, 0) is 48.1 Å². The summed E-state index contributed by atoms with van der Waals surface area (Å²) in [4.78, 5) is 71.2. The number of aromatic nitrogens is 2. The van der Waals surface area contributed by atoms with Gasteiger partial charge in [0.2, 0.25) is 17.7 Å². The molecule has 1 heterocycles. The number of nitrogens with one attached hydrogen (secondary N) is 4. The molecule has 4 amide bonds. The van der Waals surface area contributed by atoms with Crippen LogP contribution in [0.1, 0.15) is 44.0 Å². The normalized spacial score (nSPS) is 13.1. The first kappa shape index (κ1) is 33.3. The van der Waals surface area contributed by atoms with Crippen LogP contribution >= 0.6 is 0 Å². The van der Waals surface area contributed by atoms with Crippen molar-refractivity contribution in [1.29, 1.82) is 0 Å². The second kappa shape index (κ2) is 15.9. The summed E-state index contributed by atoms with van der Waals surface area (Å²) in [7, 11) is 0. The maximum absolute atomic E-state index is 13.4. The second-order valence-corrected chi connectivity index (χ2v) is 11.1. The molecule has 1 aromatic heterocycles. The van der Waals surface area contributed by atoms with E-state index in [4.69, 9.17) is 15.2 Å². The molecule has 0 fully saturated rings. The van der Waals surface area contributed by atoms with Crippen LogP contribution in [0.5, 0.6) is 0 Å². The number of imidazole rings is 1. The lowest BCUT2D eigenvalue weighted by Gasteiger charge is -2.27. The van der Waals surface area contributed by atoms with Crippen LogP contribution in [0.4, 0.5) is 4.79 Å². The lowest BCUT2D eigenvalue weighted by molar-refractivity contribution is -0.158. The molecule has 0 aliphatic carbocycles. The molecule has 3 atom stereocenters. The van der Waals surface area contributed by atoms with Gasteiger partial charge in [0.15, 0.2) is 0 Å². The molecule has 13 heteroatoms. The van der Waals surface area contributed by atoms with Crippen molar-refractivity contribution in [2.24, 2.45) is 5.73 Å². The number of nitrogens with two attached hydrogens (primary N) is 1. The Bertz CT molecular complexity index is 1390. The molecular weight excluding hydrogens is 568 g/mol. The molecule has 0 saturated carbocycles. The Morgan fingerprint density at radius 3 is 1.98 bits per heavy atom. The number of carbonyl (C=O) groups excluding carboxylic acids is 5. The fourth-order valence-corrected chi connectivity index (χ4v) is 4.10. The van der Waals surface area contributed by atoms with Gasteiger partial charge in [-0.2, -0.15) is 0 Å². The van der Waals surface area contributed by atoms with Gasteiger partial charge in [0.1, 0.15) is 30.3 Å². The van der Waals surface area contributed by atoms with Gasteiger partial charge in [0.25, 0.3) is 0 Å². The van der Waals surface area contributed by atoms with Crippen LogP contribution in [0.3, 0.4) is 0 Å². The Morgan fingerprint density at radius 1 is 0.818 bits per heavy atom. The van der Waals surface area contributed by atoms with Crippen LogP contribution in [0.25, 0.3) is 0 Å². The topological polar surface area (TPSA) is 195 Å². The zero-order valence-electron chi connectivity index (χ0n) is 24.9. The summed E-state index contributed by atoms with van der Waals surface area (Å²) in [5.41, 5.74) is 6.57. The Labute approximate surface area is 255 Å². The highest BCUT2D eigenvalue weighted by molar-refractivity contribution is 5.95. The predicted octanol–water partition coefficient (Wildman–Crippen LogP) is 1.68. The molecule has 0 aliphatic heterocycles. The van der Waals surface area contributed by atoms with E-state index in [1.807, 2.05) is 12.1 Å². The average molecular weight is 607 g/mol. The van der Waals surface area contributed by atoms with E-state index in [0.717, 1.165) is 11.1 Å². The molecular formula is C31H38N6O7. The number of esters is 1. The van der Waals surface area contributed by atoms with Crippen LogP contribution in [0.2, 0.25) is 0 Å². The summed E-state index contributed by atoms with van der Waals surface area (Å²) in [6.07, 6.45) is 1.49. The fraction of sp³-hybridized carbons (Fsp3) is 0.355. The lowest BCUT2D eigenvalue weighted by atomic mass is 10.0. The zero-order valence-corrected chi connectivity index (χ0v) is 24.9. The number of carbonyl (C=O) groups is 5. The summed E-state index contributed by atoms with van der Waals surface area (Å²) in [6.45, 7) is 5.05. The first-order chi connectivity index (χ1) is 20.9. The zero-order chi connectivity index (χ0) is 32.1. The molecule has 3 rings (SSSR count). The number of benzene rings is 2. The Morgan fingerprint density at radius 2 is 1.41 bits per heavy atom. The van der Waals surface area contributed by atoms with E-state index in [1.54, 1.807) is 69.3 Å². The first-order valence-corrected chi connectivity index (χ1v) is 14.0. The molecule has 0 spiro atoms. The van der Waals surface area contributed by atoms with Gasteiger partial charge in [0, 0.05) is 24.7 Å². The molecule has 0 bridgehead atoms.